The number of para-hydroxylation sites is 1. The van der Waals surface area contributed by atoms with Gasteiger partial charge in [-0.25, -0.2) is 0 Å². The fraction of sp³-hybridized carbons (Fsp3) is 0.346. The van der Waals surface area contributed by atoms with Crippen LogP contribution in [0.4, 0.5) is 5.69 Å². The molecule has 2 aliphatic heterocycles. The number of carbonyl (C=O) groups is 3. The summed E-state index contributed by atoms with van der Waals surface area (Å²) in [6.45, 7) is 3.58. The molecule has 3 aromatic rings. The minimum atomic E-state index is -0.681. The third kappa shape index (κ3) is 4.16. The third-order valence-electron chi connectivity index (χ3n) is 6.72. The molecule has 4 heterocycles. The van der Waals surface area contributed by atoms with Crippen molar-refractivity contribution in [3.63, 3.8) is 0 Å². The average Bonchev–Trinajstić information content (AvgIpc) is 3.59. The van der Waals surface area contributed by atoms with Crippen LogP contribution < -0.4 is 4.90 Å². The van der Waals surface area contributed by atoms with Gasteiger partial charge in [0.25, 0.3) is 5.91 Å². The third-order valence-corrected chi connectivity index (χ3v) is 8.45. The van der Waals surface area contributed by atoms with Crippen LogP contribution in [0.1, 0.15) is 52.7 Å². The van der Waals surface area contributed by atoms with Gasteiger partial charge in [0.05, 0.1) is 24.3 Å². The number of fused-ring (bicyclic) bond motifs is 3. The second-order valence-corrected chi connectivity index (χ2v) is 11.0. The molecule has 0 radical (unpaired) electrons. The van der Waals surface area contributed by atoms with E-state index < -0.39 is 5.66 Å². The summed E-state index contributed by atoms with van der Waals surface area (Å²) in [5, 5.41) is 4.05. The van der Waals surface area contributed by atoms with Gasteiger partial charge in [-0.05, 0) is 54.8 Å². The number of thiophene rings is 2. The molecule has 34 heavy (non-hydrogen) atoms. The lowest BCUT2D eigenvalue weighted by Crippen LogP contribution is -2.62. The normalized spacial score (nSPS) is 19.3. The predicted molar refractivity (Wildman–Crippen MR) is 135 cm³/mol. The van der Waals surface area contributed by atoms with E-state index in [2.05, 4.69) is 12.1 Å². The number of hydrogen-bond acceptors (Lipinski definition) is 5. The maximum absolute atomic E-state index is 13.4. The molecule has 1 fully saturated rings. The summed E-state index contributed by atoms with van der Waals surface area (Å²) in [6.07, 6.45) is 1.92. The van der Waals surface area contributed by atoms with Crippen molar-refractivity contribution in [3.05, 3.63) is 74.6 Å². The Morgan fingerprint density at radius 3 is 2.32 bits per heavy atom. The first-order valence-electron chi connectivity index (χ1n) is 11.5. The molecule has 0 saturated carbocycles. The van der Waals surface area contributed by atoms with Gasteiger partial charge in [-0.1, -0.05) is 24.3 Å². The Bertz CT molecular complexity index is 1160. The number of benzene rings is 1. The van der Waals surface area contributed by atoms with E-state index in [1.165, 1.54) is 0 Å². The molecule has 1 atom stereocenters. The molecule has 0 spiro atoms. The molecular formula is C26H27N3O3S2. The molecule has 176 valence electrons. The number of carbonyl (C=O) groups excluding carboxylic acids is 3. The van der Waals surface area contributed by atoms with Crippen LogP contribution in [-0.2, 0) is 22.7 Å². The lowest BCUT2D eigenvalue weighted by molar-refractivity contribution is -0.132. The molecule has 5 rings (SSSR count). The minimum Gasteiger partial charge on any atom is -0.332 e. The Morgan fingerprint density at radius 1 is 1.00 bits per heavy atom. The summed E-state index contributed by atoms with van der Waals surface area (Å²) in [4.78, 5) is 47.2. The van der Waals surface area contributed by atoms with Crippen molar-refractivity contribution in [1.82, 2.24) is 9.80 Å². The Labute approximate surface area is 207 Å². The molecule has 0 bridgehead atoms. The van der Waals surface area contributed by atoms with E-state index in [1.54, 1.807) is 38.5 Å². The first kappa shape index (κ1) is 22.8. The zero-order valence-electron chi connectivity index (χ0n) is 19.1. The van der Waals surface area contributed by atoms with E-state index >= 15 is 0 Å². The monoisotopic (exact) mass is 493 g/mol. The van der Waals surface area contributed by atoms with Crippen LogP contribution in [0, 0.1) is 0 Å². The van der Waals surface area contributed by atoms with E-state index in [1.807, 2.05) is 52.9 Å². The van der Waals surface area contributed by atoms with Gasteiger partial charge in [-0.2, -0.15) is 0 Å². The van der Waals surface area contributed by atoms with Crippen LogP contribution in [0.15, 0.2) is 59.3 Å². The zero-order chi connectivity index (χ0) is 23.7. The van der Waals surface area contributed by atoms with E-state index in [0.29, 0.717) is 56.6 Å². The van der Waals surface area contributed by atoms with Crippen molar-refractivity contribution in [2.45, 2.75) is 51.4 Å². The molecule has 8 heteroatoms. The Balaban J connectivity index is 1.29. The maximum Gasteiger partial charge on any atom is 0.257 e. The predicted octanol–water partition coefficient (Wildman–Crippen LogP) is 5.12. The van der Waals surface area contributed by atoms with Crippen molar-refractivity contribution in [2.75, 3.05) is 11.4 Å². The van der Waals surface area contributed by atoms with Crippen LogP contribution >= 0.6 is 22.7 Å². The van der Waals surface area contributed by atoms with Gasteiger partial charge < -0.3 is 9.80 Å². The van der Waals surface area contributed by atoms with Gasteiger partial charge in [0.1, 0.15) is 5.66 Å². The standard InChI is InChI=1S/C26H27N3O3S2/c1-26-13-12-24(31)29(26)22-10-3-2-9-21(22)25(32)28(26)14-4-11-23(30)27(17-19-7-5-15-33-19)18-20-8-6-16-34-20/h2-3,5-10,15-16H,4,11-14,17-18H2,1H3. The van der Waals surface area contributed by atoms with E-state index in [0.717, 1.165) is 9.75 Å². The molecule has 3 amide bonds. The lowest BCUT2D eigenvalue weighted by Gasteiger charge is -2.48. The first-order chi connectivity index (χ1) is 16.5. The number of anilines is 1. The van der Waals surface area contributed by atoms with Crippen molar-refractivity contribution in [2.24, 2.45) is 0 Å². The van der Waals surface area contributed by atoms with Crippen LogP contribution in [0.3, 0.4) is 0 Å². The molecule has 1 unspecified atom stereocenters. The van der Waals surface area contributed by atoms with E-state index in [-0.39, 0.29) is 17.7 Å². The number of nitrogens with zero attached hydrogens (tertiary/aromatic N) is 3. The largest absolute Gasteiger partial charge is 0.332 e. The summed E-state index contributed by atoms with van der Waals surface area (Å²) in [5.41, 5.74) is 0.570. The van der Waals surface area contributed by atoms with Crippen molar-refractivity contribution in [3.8, 4) is 0 Å². The quantitative estimate of drug-likeness (QED) is 0.438. The highest BCUT2D eigenvalue weighted by Crippen LogP contribution is 2.44. The average molecular weight is 494 g/mol. The highest BCUT2D eigenvalue weighted by Gasteiger charge is 2.52. The highest BCUT2D eigenvalue weighted by molar-refractivity contribution is 7.10. The van der Waals surface area contributed by atoms with Gasteiger partial charge in [0.15, 0.2) is 0 Å². The molecule has 0 aliphatic carbocycles. The molecule has 1 aromatic carbocycles. The summed E-state index contributed by atoms with van der Waals surface area (Å²) in [7, 11) is 0. The molecule has 2 aromatic heterocycles. The summed E-state index contributed by atoms with van der Waals surface area (Å²) in [6, 6.07) is 15.4. The Hall–Kier alpha value is -2.97. The van der Waals surface area contributed by atoms with E-state index in [4.69, 9.17) is 0 Å². The molecule has 2 aliphatic rings. The van der Waals surface area contributed by atoms with Crippen molar-refractivity contribution in [1.29, 1.82) is 0 Å². The Morgan fingerprint density at radius 2 is 1.68 bits per heavy atom. The molecule has 1 saturated heterocycles. The van der Waals surface area contributed by atoms with Crippen LogP contribution in [0.5, 0.6) is 0 Å². The number of hydrogen-bond donors (Lipinski definition) is 0. The maximum atomic E-state index is 13.4. The number of amides is 3. The fourth-order valence-corrected chi connectivity index (χ4v) is 6.44. The number of rotatable bonds is 8. The van der Waals surface area contributed by atoms with Gasteiger partial charge in [-0.3, -0.25) is 19.3 Å². The smallest absolute Gasteiger partial charge is 0.257 e. The van der Waals surface area contributed by atoms with Gasteiger partial charge in [0, 0.05) is 29.1 Å². The lowest BCUT2D eigenvalue weighted by atomic mass is 9.98. The van der Waals surface area contributed by atoms with Crippen molar-refractivity contribution >= 4 is 46.1 Å². The SMILES string of the molecule is CC12CCC(=O)N1c1ccccc1C(=O)N2CCCC(=O)N(Cc1cccs1)Cc1cccs1. The van der Waals surface area contributed by atoms with Crippen LogP contribution in [0.2, 0.25) is 0 Å². The topological polar surface area (TPSA) is 60.9 Å². The van der Waals surface area contributed by atoms with Gasteiger partial charge in [-0.15, -0.1) is 22.7 Å². The van der Waals surface area contributed by atoms with Crippen LogP contribution in [-0.4, -0.2) is 39.7 Å². The van der Waals surface area contributed by atoms with Crippen molar-refractivity contribution < 1.29 is 14.4 Å². The summed E-state index contributed by atoms with van der Waals surface area (Å²) >= 11 is 3.30. The highest BCUT2D eigenvalue weighted by atomic mass is 32.1. The fourth-order valence-electron chi connectivity index (χ4n) is 5.00. The second kappa shape index (κ2) is 9.35. The van der Waals surface area contributed by atoms with E-state index in [9.17, 15) is 14.4 Å². The summed E-state index contributed by atoms with van der Waals surface area (Å²) in [5.74, 6) is 0.0586. The van der Waals surface area contributed by atoms with Gasteiger partial charge in [0.2, 0.25) is 11.8 Å². The Kier molecular flexibility index (Phi) is 6.27. The molecule has 6 nitrogen and oxygen atoms in total. The molecular weight excluding hydrogens is 466 g/mol. The minimum absolute atomic E-state index is 0.0431. The second-order valence-electron chi connectivity index (χ2n) is 8.93. The van der Waals surface area contributed by atoms with Gasteiger partial charge >= 0.3 is 0 Å². The first-order valence-corrected chi connectivity index (χ1v) is 13.3. The summed E-state index contributed by atoms with van der Waals surface area (Å²) < 4.78 is 0. The molecule has 0 N–H and O–H groups in total. The van der Waals surface area contributed by atoms with Crippen LogP contribution in [0.25, 0.3) is 0 Å². The zero-order valence-corrected chi connectivity index (χ0v) is 20.7.